The maximum Gasteiger partial charge on any atom is 0.220 e. The van der Waals surface area contributed by atoms with Gasteiger partial charge in [0.25, 0.3) is 0 Å². The Kier molecular flexibility index (Phi) is 51.2. The summed E-state index contributed by atoms with van der Waals surface area (Å²) in [4.78, 5) is 12.4. The van der Waals surface area contributed by atoms with Crippen LogP contribution in [0, 0.1) is 0 Å². The molecular formula is C56H109NO3. The number of rotatable bonds is 51. The van der Waals surface area contributed by atoms with Gasteiger partial charge in [-0.25, -0.2) is 0 Å². The molecule has 0 radical (unpaired) electrons. The molecule has 3 N–H and O–H groups in total. The van der Waals surface area contributed by atoms with E-state index in [0.717, 1.165) is 32.1 Å². The molecule has 0 fully saturated rings. The van der Waals surface area contributed by atoms with Crippen LogP contribution >= 0.6 is 0 Å². The number of allylic oxidation sites excluding steroid dienone is 3. The van der Waals surface area contributed by atoms with Gasteiger partial charge >= 0.3 is 0 Å². The number of unbranched alkanes of at least 4 members (excludes halogenated alkanes) is 42. The summed E-state index contributed by atoms with van der Waals surface area (Å²) in [6.07, 6.45) is 69.5. The summed E-state index contributed by atoms with van der Waals surface area (Å²) in [6, 6.07) is -0.633. The third kappa shape index (κ3) is 47.9. The van der Waals surface area contributed by atoms with Crippen LogP contribution in [0.5, 0.6) is 0 Å². The molecule has 0 bridgehead atoms. The predicted octanol–water partition coefficient (Wildman–Crippen LogP) is 17.9. The van der Waals surface area contributed by atoms with Crippen molar-refractivity contribution in [3.05, 3.63) is 24.3 Å². The zero-order chi connectivity index (χ0) is 43.5. The van der Waals surface area contributed by atoms with Crippen LogP contribution in [-0.4, -0.2) is 34.9 Å². The molecule has 0 spiro atoms. The molecule has 4 nitrogen and oxygen atoms in total. The highest BCUT2D eigenvalue weighted by Crippen LogP contribution is 2.18. The first-order chi connectivity index (χ1) is 29.7. The van der Waals surface area contributed by atoms with Crippen molar-refractivity contribution in [3.63, 3.8) is 0 Å². The Morgan fingerprint density at radius 3 is 0.967 bits per heavy atom. The monoisotopic (exact) mass is 844 g/mol. The van der Waals surface area contributed by atoms with E-state index >= 15 is 0 Å². The highest BCUT2D eigenvalue weighted by atomic mass is 16.3. The Morgan fingerprint density at radius 2 is 0.650 bits per heavy atom. The lowest BCUT2D eigenvalue weighted by atomic mass is 10.0. The van der Waals surface area contributed by atoms with Crippen molar-refractivity contribution in [1.29, 1.82) is 0 Å². The molecule has 0 aromatic carbocycles. The minimum absolute atomic E-state index is 0.0712. The summed E-state index contributed by atoms with van der Waals surface area (Å²) in [7, 11) is 0. The van der Waals surface area contributed by atoms with Crippen molar-refractivity contribution in [2.45, 2.75) is 321 Å². The average molecular weight is 844 g/mol. The fourth-order valence-corrected chi connectivity index (χ4v) is 8.73. The second-order valence-corrected chi connectivity index (χ2v) is 19.0. The van der Waals surface area contributed by atoms with Crippen molar-refractivity contribution in [1.82, 2.24) is 5.32 Å². The Morgan fingerprint density at radius 1 is 0.383 bits per heavy atom. The summed E-state index contributed by atoms with van der Waals surface area (Å²) in [5.74, 6) is -0.0712. The molecular weight excluding hydrogens is 735 g/mol. The molecule has 2 unspecified atom stereocenters. The lowest BCUT2D eigenvalue weighted by molar-refractivity contribution is -0.123. The summed E-state index contributed by atoms with van der Waals surface area (Å²) in [5.41, 5.74) is 0. The molecule has 0 aliphatic rings. The van der Waals surface area contributed by atoms with Gasteiger partial charge in [-0.2, -0.15) is 0 Å². The minimum atomic E-state index is -0.856. The largest absolute Gasteiger partial charge is 0.394 e. The maximum atomic E-state index is 12.4. The average Bonchev–Trinajstić information content (AvgIpc) is 3.25. The molecule has 60 heavy (non-hydrogen) atoms. The van der Waals surface area contributed by atoms with E-state index in [0.29, 0.717) is 6.42 Å². The van der Waals surface area contributed by atoms with Crippen molar-refractivity contribution in [2.75, 3.05) is 6.61 Å². The Balaban J connectivity index is 3.31. The van der Waals surface area contributed by atoms with Gasteiger partial charge in [-0.3, -0.25) is 4.79 Å². The van der Waals surface area contributed by atoms with Crippen molar-refractivity contribution >= 4 is 5.91 Å². The smallest absolute Gasteiger partial charge is 0.220 e. The van der Waals surface area contributed by atoms with Crippen LogP contribution in [0.15, 0.2) is 24.3 Å². The van der Waals surface area contributed by atoms with Gasteiger partial charge in [0.15, 0.2) is 0 Å². The molecule has 1 amide bonds. The van der Waals surface area contributed by atoms with Crippen LogP contribution in [-0.2, 0) is 4.79 Å². The molecule has 0 saturated carbocycles. The van der Waals surface area contributed by atoms with E-state index in [1.54, 1.807) is 6.08 Å². The van der Waals surface area contributed by atoms with Gasteiger partial charge in [-0.15, -0.1) is 0 Å². The summed E-state index contributed by atoms with van der Waals surface area (Å²) >= 11 is 0. The van der Waals surface area contributed by atoms with Crippen molar-refractivity contribution in [3.8, 4) is 0 Å². The van der Waals surface area contributed by atoms with Gasteiger partial charge in [0.2, 0.25) is 5.91 Å². The lowest BCUT2D eigenvalue weighted by Gasteiger charge is -2.19. The molecule has 0 aliphatic carbocycles. The van der Waals surface area contributed by atoms with Crippen LogP contribution in [0.2, 0.25) is 0 Å². The number of amides is 1. The van der Waals surface area contributed by atoms with Gasteiger partial charge in [0.05, 0.1) is 18.8 Å². The number of aliphatic hydroxyl groups excluding tert-OH is 2. The number of hydrogen-bond acceptors (Lipinski definition) is 3. The van der Waals surface area contributed by atoms with Crippen molar-refractivity contribution < 1.29 is 15.0 Å². The molecule has 0 saturated heterocycles. The van der Waals surface area contributed by atoms with E-state index in [2.05, 4.69) is 31.3 Å². The van der Waals surface area contributed by atoms with Crippen molar-refractivity contribution in [2.24, 2.45) is 0 Å². The molecule has 0 aliphatic heterocycles. The molecule has 0 rings (SSSR count). The number of nitrogens with one attached hydrogen (secondary N) is 1. The third-order valence-corrected chi connectivity index (χ3v) is 12.9. The van der Waals surface area contributed by atoms with Gasteiger partial charge < -0.3 is 15.5 Å². The van der Waals surface area contributed by atoms with Gasteiger partial charge in [0, 0.05) is 6.42 Å². The summed E-state index contributed by atoms with van der Waals surface area (Å²) in [6.45, 7) is 4.27. The summed E-state index contributed by atoms with van der Waals surface area (Å²) in [5, 5.41) is 22.9. The fraction of sp³-hybridized carbons (Fsp3) is 0.911. The highest BCUT2D eigenvalue weighted by Gasteiger charge is 2.18. The molecule has 0 aromatic rings. The Labute approximate surface area is 377 Å². The SMILES string of the molecule is CCCCC/C=C/CC/C=C/C(O)C(CO)NC(=O)CCCCCCCCCCCCCCCCCCCCCCCCCCCCCCCCCCCCCCCCC. The van der Waals surface area contributed by atoms with Crippen LogP contribution in [0.25, 0.3) is 0 Å². The quantitative estimate of drug-likeness (QED) is 0.0422. The van der Waals surface area contributed by atoms with Crippen LogP contribution in [0.3, 0.4) is 0 Å². The normalized spacial score (nSPS) is 12.9. The maximum absolute atomic E-state index is 12.4. The first kappa shape index (κ1) is 58.9. The van der Waals surface area contributed by atoms with E-state index in [1.165, 1.54) is 257 Å². The number of carbonyl (C=O) groups excluding carboxylic acids is 1. The number of aliphatic hydroxyl groups is 2. The van der Waals surface area contributed by atoms with E-state index in [1.807, 2.05) is 6.08 Å². The van der Waals surface area contributed by atoms with E-state index in [-0.39, 0.29) is 12.5 Å². The van der Waals surface area contributed by atoms with Gasteiger partial charge in [-0.05, 0) is 32.1 Å². The van der Waals surface area contributed by atoms with Gasteiger partial charge in [-0.1, -0.05) is 295 Å². The van der Waals surface area contributed by atoms with Crippen LogP contribution in [0.4, 0.5) is 0 Å². The first-order valence-electron chi connectivity index (χ1n) is 27.6. The third-order valence-electron chi connectivity index (χ3n) is 12.9. The molecule has 356 valence electrons. The second-order valence-electron chi connectivity index (χ2n) is 19.0. The zero-order valence-corrected chi connectivity index (χ0v) is 41.0. The highest BCUT2D eigenvalue weighted by molar-refractivity contribution is 5.76. The van der Waals surface area contributed by atoms with E-state index in [9.17, 15) is 15.0 Å². The van der Waals surface area contributed by atoms with E-state index < -0.39 is 12.1 Å². The Hall–Kier alpha value is -1.13. The summed E-state index contributed by atoms with van der Waals surface area (Å²) < 4.78 is 0. The Bertz CT molecular complexity index is 871. The molecule has 4 heteroatoms. The number of hydrogen-bond donors (Lipinski definition) is 3. The predicted molar refractivity (Wildman–Crippen MR) is 267 cm³/mol. The van der Waals surface area contributed by atoms with E-state index in [4.69, 9.17) is 0 Å². The van der Waals surface area contributed by atoms with Crippen LogP contribution in [0.1, 0.15) is 309 Å². The standard InChI is InChI=1S/C56H109NO3/c1-3-5-7-9-11-13-14-15-16-17-18-19-20-21-22-23-24-25-26-27-28-29-30-31-32-33-34-35-36-37-38-39-40-41-42-44-46-48-50-52-56(60)57-54(53-58)55(59)51-49-47-45-43-12-10-8-6-4-2/h12,43,49,51,54-55,58-59H,3-11,13-42,44-48,50,52-53H2,1-2H3,(H,57,60)/b43-12+,51-49+. The lowest BCUT2D eigenvalue weighted by Crippen LogP contribution is -2.45. The molecule has 2 atom stereocenters. The molecule has 0 aromatic heterocycles. The fourth-order valence-electron chi connectivity index (χ4n) is 8.73. The first-order valence-corrected chi connectivity index (χ1v) is 27.6. The molecule has 0 heterocycles. The number of carbonyl (C=O) groups is 1. The minimum Gasteiger partial charge on any atom is -0.394 e. The van der Waals surface area contributed by atoms with Gasteiger partial charge in [0.1, 0.15) is 0 Å². The second kappa shape index (κ2) is 52.2. The van der Waals surface area contributed by atoms with Crippen LogP contribution < -0.4 is 5.32 Å². The topological polar surface area (TPSA) is 69.6 Å². The zero-order valence-electron chi connectivity index (χ0n) is 41.0.